The van der Waals surface area contributed by atoms with E-state index >= 15 is 0 Å². The molecule has 1 N–H and O–H groups in total. The van der Waals surface area contributed by atoms with E-state index in [4.69, 9.17) is 0 Å². The molecule has 0 aromatic heterocycles. The van der Waals surface area contributed by atoms with Crippen LogP contribution in [0.15, 0.2) is 48.5 Å². The third-order valence-electron chi connectivity index (χ3n) is 5.99. The van der Waals surface area contributed by atoms with Crippen molar-refractivity contribution < 1.29 is 18.0 Å². The van der Waals surface area contributed by atoms with Gasteiger partial charge in [0.1, 0.15) is 12.6 Å². The van der Waals surface area contributed by atoms with E-state index in [-0.39, 0.29) is 25.0 Å². The summed E-state index contributed by atoms with van der Waals surface area (Å²) in [5.74, 6) is -0.666. The highest BCUT2D eigenvalue weighted by Crippen LogP contribution is 2.21. The Morgan fingerprint density at radius 3 is 2.12 bits per heavy atom. The minimum Gasteiger partial charge on any atom is -0.352 e. The lowest BCUT2D eigenvalue weighted by Crippen LogP contribution is -2.53. The fraction of sp³-hybridized carbons (Fsp3) is 0.462. The van der Waals surface area contributed by atoms with E-state index < -0.39 is 22.0 Å². The van der Waals surface area contributed by atoms with Crippen LogP contribution in [0.4, 0.5) is 5.69 Å². The van der Waals surface area contributed by atoms with Crippen LogP contribution in [0.2, 0.25) is 0 Å². The van der Waals surface area contributed by atoms with E-state index in [9.17, 15) is 18.0 Å². The number of anilines is 1. The number of nitrogens with one attached hydrogen (secondary N) is 1. The molecule has 0 fully saturated rings. The zero-order valence-corrected chi connectivity index (χ0v) is 21.9. The lowest BCUT2D eigenvalue weighted by Gasteiger charge is -2.33. The molecule has 2 amide bonds. The van der Waals surface area contributed by atoms with Crippen molar-refractivity contribution in [3.63, 3.8) is 0 Å². The molecule has 7 nitrogen and oxygen atoms in total. The minimum atomic E-state index is -3.73. The molecule has 0 unspecified atom stereocenters. The van der Waals surface area contributed by atoms with Gasteiger partial charge >= 0.3 is 0 Å². The molecule has 0 aliphatic heterocycles. The van der Waals surface area contributed by atoms with Gasteiger partial charge in [-0.05, 0) is 56.9 Å². The first-order valence-electron chi connectivity index (χ1n) is 11.7. The highest BCUT2D eigenvalue weighted by molar-refractivity contribution is 7.92. The molecule has 2 aromatic rings. The van der Waals surface area contributed by atoms with E-state index in [2.05, 4.69) is 5.32 Å². The van der Waals surface area contributed by atoms with E-state index in [0.29, 0.717) is 12.1 Å². The van der Waals surface area contributed by atoms with Gasteiger partial charge in [-0.2, -0.15) is 0 Å². The first kappa shape index (κ1) is 27.4. The summed E-state index contributed by atoms with van der Waals surface area (Å²) in [5, 5.41) is 2.97. The second-order valence-corrected chi connectivity index (χ2v) is 10.7. The number of nitrogens with zero attached hydrogens (tertiary/aromatic N) is 2. The van der Waals surface area contributed by atoms with Crippen LogP contribution >= 0.6 is 0 Å². The monoisotopic (exact) mass is 487 g/mol. The molecule has 34 heavy (non-hydrogen) atoms. The normalized spacial score (nSPS) is 13.1. The number of rotatable bonds is 11. The number of carbonyl (C=O) groups excluding carboxylic acids is 2. The molecule has 2 atom stereocenters. The number of hydrogen-bond acceptors (Lipinski definition) is 4. The number of carbonyl (C=O) groups is 2. The second kappa shape index (κ2) is 12.0. The third kappa shape index (κ3) is 7.32. The van der Waals surface area contributed by atoms with E-state index in [0.717, 1.165) is 33.7 Å². The average molecular weight is 488 g/mol. The van der Waals surface area contributed by atoms with Gasteiger partial charge in [-0.1, -0.05) is 55.8 Å². The fourth-order valence-electron chi connectivity index (χ4n) is 3.66. The lowest BCUT2D eigenvalue weighted by atomic mass is 10.1. The standard InChI is InChI=1S/C26H37N3O4S/c1-7-21(5)27-26(31)24(8-2)28(17-22-12-10-9-11-20(22)4)25(30)18-29(34(6,32)33)23-15-13-19(3)14-16-23/h9-16,21,24H,7-8,17-18H2,1-6H3,(H,27,31)/t21-,24+/m0/s1. The van der Waals surface area contributed by atoms with Crippen LogP contribution in [0.25, 0.3) is 0 Å². The Kier molecular flexibility index (Phi) is 9.67. The van der Waals surface area contributed by atoms with Crippen LogP contribution in [-0.4, -0.2) is 50.0 Å². The zero-order valence-electron chi connectivity index (χ0n) is 21.0. The van der Waals surface area contributed by atoms with Gasteiger partial charge < -0.3 is 10.2 Å². The van der Waals surface area contributed by atoms with Gasteiger partial charge in [-0.15, -0.1) is 0 Å². The van der Waals surface area contributed by atoms with Crippen molar-refractivity contribution in [3.8, 4) is 0 Å². The van der Waals surface area contributed by atoms with Crippen LogP contribution in [0.3, 0.4) is 0 Å². The topological polar surface area (TPSA) is 86.8 Å². The molecular weight excluding hydrogens is 450 g/mol. The Balaban J connectivity index is 2.44. The summed E-state index contributed by atoms with van der Waals surface area (Å²) in [7, 11) is -3.73. The number of benzene rings is 2. The third-order valence-corrected chi connectivity index (χ3v) is 7.13. The number of aryl methyl sites for hydroxylation is 2. The summed E-state index contributed by atoms with van der Waals surface area (Å²) in [6, 6.07) is 13.9. The van der Waals surface area contributed by atoms with E-state index in [1.807, 2.05) is 58.9 Å². The van der Waals surface area contributed by atoms with Crippen molar-refractivity contribution >= 4 is 27.5 Å². The molecule has 0 spiro atoms. The highest BCUT2D eigenvalue weighted by Gasteiger charge is 2.32. The first-order valence-corrected chi connectivity index (χ1v) is 13.5. The fourth-order valence-corrected chi connectivity index (χ4v) is 4.51. The summed E-state index contributed by atoms with van der Waals surface area (Å²) in [5.41, 5.74) is 3.30. The smallest absolute Gasteiger partial charge is 0.244 e. The summed E-state index contributed by atoms with van der Waals surface area (Å²) in [6.45, 7) is 9.44. The van der Waals surface area contributed by atoms with Crippen molar-refractivity contribution in [1.82, 2.24) is 10.2 Å². The molecule has 186 valence electrons. The molecule has 0 saturated carbocycles. The molecule has 0 heterocycles. The highest BCUT2D eigenvalue weighted by atomic mass is 32.2. The summed E-state index contributed by atoms with van der Waals surface area (Å²) in [6.07, 6.45) is 2.26. The average Bonchev–Trinajstić information content (AvgIpc) is 2.78. The van der Waals surface area contributed by atoms with Crippen molar-refractivity contribution in [2.45, 2.75) is 66.1 Å². The summed E-state index contributed by atoms with van der Waals surface area (Å²) in [4.78, 5) is 28.3. The molecule has 0 aliphatic rings. The molecule has 0 saturated heterocycles. The van der Waals surface area contributed by atoms with Crippen LogP contribution in [0.5, 0.6) is 0 Å². The zero-order chi connectivity index (χ0) is 25.5. The van der Waals surface area contributed by atoms with E-state index in [1.165, 1.54) is 4.90 Å². The molecule has 8 heteroatoms. The predicted molar refractivity (Wildman–Crippen MR) is 137 cm³/mol. The Morgan fingerprint density at radius 2 is 1.59 bits per heavy atom. The van der Waals surface area contributed by atoms with Crippen LogP contribution in [0.1, 0.15) is 50.3 Å². The van der Waals surface area contributed by atoms with Crippen molar-refractivity contribution in [1.29, 1.82) is 0 Å². The van der Waals surface area contributed by atoms with Gasteiger partial charge in [0.15, 0.2) is 0 Å². The maximum atomic E-state index is 13.7. The van der Waals surface area contributed by atoms with Gasteiger partial charge in [-0.25, -0.2) is 8.42 Å². The largest absolute Gasteiger partial charge is 0.352 e. The van der Waals surface area contributed by atoms with Gasteiger partial charge in [0.2, 0.25) is 21.8 Å². The summed E-state index contributed by atoms with van der Waals surface area (Å²) < 4.78 is 26.3. The van der Waals surface area contributed by atoms with Crippen LogP contribution in [0, 0.1) is 13.8 Å². The maximum Gasteiger partial charge on any atom is 0.244 e. The maximum absolute atomic E-state index is 13.7. The molecule has 2 aromatic carbocycles. The van der Waals surface area contributed by atoms with Crippen LogP contribution < -0.4 is 9.62 Å². The Bertz CT molecular complexity index is 1080. The van der Waals surface area contributed by atoms with Crippen molar-refractivity contribution in [2.75, 3.05) is 17.1 Å². The molecular formula is C26H37N3O4S. The van der Waals surface area contributed by atoms with E-state index in [1.54, 1.807) is 24.3 Å². The first-order chi connectivity index (χ1) is 16.0. The molecule has 0 radical (unpaired) electrons. The number of amides is 2. The molecule has 0 bridgehead atoms. The number of hydrogen-bond donors (Lipinski definition) is 1. The quantitative estimate of drug-likeness (QED) is 0.522. The molecule has 2 rings (SSSR count). The molecule has 0 aliphatic carbocycles. The van der Waals surface area contributed by atoms with Crippen molar-refractivity contribution in [3.05, 3.63) is 65.2 Å². The lowest BCUT2D eigenvalue weighted by molar-refractivity contribution is -0.140. The number of sulfonamides is 1. The van der Waals surface area contributed by atoms with Gasteiger partial charge in [-0.3, -0.25) is 13.9 Å². The Morgan fingerprint density at radius 1 is 0.971 bits per heavy atom. The predicted octanol–water partition coefficient (Wildman–Crippen LogP) is 3.79. The Hall–Kier alpha value is -2.87. The van der Waals surface area contributed by atoms with Gasteiger partial charge in [0.25, 0.3) is 0 Å². The van der Waals surface area contributed by atoms with Crippen molar-refractivity contribution in [2.24, 2.45) is 0 Å². The Labute approximate surface area is 204 Å². The second-order valence-electron chi connectivity index (χ2n) is 8.80. The summed E-state index contributed by atoms with van der Waals surface area (Å²) >= 11 is 0. The van der Waals surface area contributed by atoms with Gasteiger partial charge in [0, 0.05) is 12.6 Å². The SMILES string of the molecule is CC[C@H](C(=O)N[C@@H](C)CC)N(Cc1ccccc1C)C(=O)CN(c1ccc(C)cc1)S(C)(=O)=O. The van der Waals surface area contributed by atoms with Gasteiger partial charge in [0.05, 0.1) is 11.9 Å². The van der Waals surface area contributed by atoms with Crippen LogP contribution in [-0.2, 0) is 26.2 Å². The minimum absolute atomic E-state index is 0.0305.